The molecule has 0 aromatic rings. The summed E-state index contributed by atoms with van der Waals surface area (Å²) in [6.45, 7) is 2.96. The molecule has 0 bridgehead atoms. The Morgan fingerprint density at radius 1 is 1.18 bits per heavy atom. The molecule has 0 aliphatic heterocycles. The third-order valence-electron chi connectivity index (χ3n) is 9.55. The highest BCUT2D eigenvalue weighted by Gasteiger charge is 2.69. The fourth-order valence-corrected chi connectivity index (χ4v) is 7.89. The van der Waals surface area contributed by atoms with E-state index in [1.807, 2.05) is 13.8 Å². The molecule has 3 saturated carbocycles. The fourth-order valence-electron chi connectivity index (χ4n) is 7.89. The molecule has 4 aliphatic carbocycles. The first-order valence-corrected chi connectivity index (χ1v) is 12.1. The number of hydrogen-bond donors (Lipinski definition) is 4. The van der Waals surface area contributed by atoms with Gasteiger partial charge >= 0.3 is 11.9 Å². The van der Waals surface area contributed by atoms with Crippen LogP contribution in [0, 0.1) is 28.6 Å². The maximum absolute atomic E-state index is 12.5. The summed E-state index contributed by atoms with van der Waals surface area (Å²) in [6.07, 6.45) is 1.31. The third kappa shape index (κ3) is 3.55. The van der Waals surface area contributed by atoms with Crippen molar-refractivity contribution in [2.75, 3.05) is 6.61 Å². The number of hydrogen-bond acceptors (Lipinski definition) is 8. The van der Waals surface area contributed by atoms with E-state index in [2.05, 4.69) is 0 Å². The molecular weight excluding hydrogens is 444 g/mol. The second-order valence-electron chi connectivity index (χ2n) is 11.0. The summed E-state index contributed by atoms with van der Waals surface area (Å²) >= 11 is 0. The van der Waals surface area contributed by atoms with Crippen LogP contribution in [-0.2, 0) is 23.9 Å². The highest BCUT2D eigenvalue weighted by molar-refractivity contribution is 5.93. The topological polar surface area (TPSA) is 158 Å². The van der Waals surface area contributed by atoms with E-state index in [1.54, 1.807) is 6.08 Å². The first-order valence-electron chi connectivity index (χ1n) is 12.1. The number of carboxylic acid groups (broad SMARTS) is 1. The number of esters is 1. The molecule has 3 fully saturated rings. The number of carbonyl (C=O) groups excluding carboxylic acids is 3. The Morgan fingerprint density at radius 2 is 1.88 bits per heavy atom. The number of carboxylic acids is 1. The zero-order chi connectivity index (χ0) is 25.1. The minimum absolute atomic E-state index is 0.0381. The van der Waals surface area contributed by atoms with Crippen LogP contribution < -0.4 is 0 Å². The molecule has 0 radical (unpaired) electrons. The molecule has 0 amide bonds. The van der Waals surface area contributed by atoms with E-state index in [0.717, 1.165) is 5.57 Å². The molecule has 9 nitrogen and oxygen atoms in total. The van der Waals surface area contributed by atoms with Crippen molar-refractivity contribution in [1.82, 2.24) is 0 Å². The van der Waals surface area contributed by atoms with Gasteiger partial charge in [0.05, 0.1) is 18.9 Å². The highest BCUT2D eigenvalue weighted by Crippen LogP contribution is 2.67. The summed E-state index contributed by atoms with van der Waals surface area (Å²) < 4.78 is 5.70. The number of ketones is 2. The van der Waals surface area contributed by atoms with Gasteiger partial charge in [0.1, 0.15) is 18.3 Å². The smallest absolute Gasteiger partial charge is 0.306 e. The van der Waals surface area contributed by atoms with E-state index in [-0.39, 0.29) is 55.6 Å². The predicted molar refractivity (Wildman–Crippen MR) is 117 cm³/mol. The lowest BCUT2D eigenvalue weighted by atomic mass is 9.44. The fraction of sp³-hybridized carbons (Fsp3) is 0.760. The van der Waals surface area contributed by atoms with Crippen molar-refractivity contribution in [3.63, 3.8) is 0 Å². The number of ether oxygens (including phenoxy) is 1. The molecule has 0 heterocycles. The Labute approximate surface area is 198 Å². The van der Waals surface area contributed by atoms with Crippen LogP contribution in [0.2, 0.25) is 0 Å². The van der Waals surface area contributed by atoms with Crippen molar-refractivity contribution in [2.24, 2.45) is 28.6 Å². The molecule has 9 heteroatoms. The van der Waals surface area contributed by atoms with Crippen LogP contribution in [0.25, 0.3) is 0 Å². The number of rotatable bonds is 6. The van der Waals surface area contributed by atoms with Crippen LogP contribution in [0.1, 0.15) is 65.2 Å². The van der Waals surface area contributed by atoms with E-state index in [0.29, 0.717) is 19.3 Å². The second kappa shape index (κ2) is 8.53. The molecule has 34 heavy (non-hydrogen) atoms. The van der Waals surface area contributed by atoms with Gasteiger partial charge in [0.15, 0.2) is 11.6 Å². The quantitative estimate of drug-likeness (QED) is 0.411. The molecule has 0 spiro atoms. The molecule has 4 rings (SSSR count). The number of aliphatic carboxylic acids is 1. The van der Waals surface area contributed by atoms with E-state index in [4.69, 9.17) is 9.84 Å². The largest absolute Gasteiger partial charge is 0.481 e. The average molecular weight is 479 g/mol. The molecule has 188 valence electrons. The number of aliphatic hydroxyl groups excluding tert-OH is 2. The van der Waals surface area contributed by atoms with Gasteiger partial charge in [0.25, 0.3) is 0 Å². The molecule has 0 saturated heterocycles. The van der Waals surface area contributed by atoms with E-state index in [9.17, 15) is 34.5 Å². The van der Waals surface area contributed by atoms with Gasteiger partial charge in [-0.1, -0.05) is 19.4 Å². The molecule has 0 aromatic carbocycles. The summed E-state index contributed by atoms with van der Waals surface area (Å²) in [5.41, 5.74) is -2.61. The zero-order valence-electron chi connectivity index (χ0n) is 19.7. The van der Waals surface area contributed by atoms with Crippen molar-refractivity contribution in [3.8, 4) is 0 Å². The molecule has 8 atom stereocenters. The lowest BCUT2D eigenvalue weighted by Gasteiger charge is -2.61. The van der Waals surface area contributed by atoms with Crippen LogP contribution >= 0.6 is 0 Å². The van der Waals surface area contributed by atoms with Crippen molar-refractivity contribution in [1.29, 1.82) is 0 Å². The highest BCUT2D eigenvalue weighted by atomic mass is 16.5. The summed E-state index contributed by atoms with van der Waals surface area (Å²) in [5.74, 6) is -3.12. The van der Waals surface area contributed by atoms with Crippen LogP contribution in [0.15, 0.2) is 11.6 Å². The van der Waals surface area contributed by atoms with E-state index >= 15 is 0 Å². The SMILES string of the molecule is C[C@]12C[C@H](O)[C@H]3[C@@H](CCC4=CC(=O)CC(OC(=O)CCC(=O)O)[C@@]43C)[C@@H]1CC[C@]2(O)C(=O)CO. The summed E-state index contributed by atoms with van der Waals surface area (Å²) in [7, 11) is 0. The van der Waals surface area contributed by atoms with Crippen molar-refractivity contribution >= 4 is 23.5 Å². The molecule has 0 aromatic heterocycles. The molecule has 4 N–H and O–H groups in total. The summed E-state index contributed by atoms with van der Waals surface area (Å²) in [6, 6.07) is 0. The van der Waals surface area contributed by atoms with Gasteiger partial charge in [-0.15, -0.1) is 0 Å². The van der Waals surface area contributed by atoms with Crippen LogP contribution in [0.3, 0.4) is 0 Å². The van der Waals surface area contributed by atoms with Gasteiger partial charge in [-0.05, 0) is 50.0 Å². The molecule has 4 aliphatic rings. The number of Topliss-reactive ketones (excluding diaryl/α,β-unsaturated/α-hetero) is 1. The predicted octanol–water partition coefficient (Wildman–Crippen LogP) is 1.17. The van der Waals surface area contributed by atoms with Crippen molar-refractivity contribution < 1.29 is 44.3 Å². The van der Waals surface area contributed by atoms with Gasteiger partial charge < -0.3 is 25.2 Å². The van der Waals surface area contributed by atoms with Gasteiger partial charge in [0.2, 0.25) is 0 Å². The average Bonchev–Trinajstić information content (AvgIpc) is 3.03. The molecular formula is C25H34O9. The van der Waals surface area contributed by atoms with E-state index < -0.39 is 53.0 Å². The maximum atomic E-state index is 12.5. The third-order valence-corrected chi connectivity index (χ3v) is 9.55. The first-order chi connectivity index (χ1) is 15.9. The number of carbonyl (C=O) groups is 4. The first kappa shape index (κ1) is 25.0. The van der Waals surface area contributed by atoms with Crippen molar-refractivity contribution in [3.05, 3.63) is 11.6 Å². The van der Waals surface area contributed by atoms with Gasteiger partial charge in [-0.2, -0.15) is 0 Å². The number of fused-ring (bicyclic) bond motifs is 5. The lowest BCUT2D eigenvalue weighted by Crippen LogP contribution is -2.64. The second-order valence-corrected chi connectivity index (χ2v) is 11.0. The summed E-state index contributed by atoms with van der Waals surface area (Å²) in [5, 5.41) is 41.2. The van der Waals surface area contributed by atoms with Crippen LogP contribution in [0.5, 0.6) is 0 Å². The minimum atomic E-state index is -1.71. The number of aliphatic hydroxyl groups is 3. The Kier molecular flexibility index (Phi) is 6.28. The minimum Gasteiger partial charge on any atom is -0.481 e. The normalized spacial score (nSPS) is 43.3. The monoisotopic (exact) mass is 478 g/mol. The zero-order valence-corrected chi connectivity index (χ0v) is 19.7. The van der Waals surface area contributed by atoms with Crippen molar-refractivity contribution in [2.45, 2.75) is 83.0 Å². The molecule has 1 unspecified atom stereocenters. The Bertz CT molecular complexity index is 941. The maximum Gasteiger partial charge on any atom is 0.306 e. The summed E-state index contributed by atoms with van der Waals surface area (Å²) in [4.78, 5) is 48.3. The van der Waals surface area contributed by atoms with Gasteiger partial charge in [0, 0.05) is 23.2 Å². The Morgan fingerprint density at radius 3 is 2.53 bits per heavy atom. The van der Waals surface area contributed by atoms with Gasteiger partial charge in [-0.3, -0.25) is 19.2 Å². The lowest BCUT2D eigenvalue weighted by molar-refractivity contribution is -0.197. The Hall–Kier alpha value is -2.10. The standard InChI is InChI=1S/C25H34O9/c1-23-11-17(28)22-15(16(23)7-8-25(23,33)18(29)12-26)4-3-13-9-14(27)10-19(24(13,22)2)34-21(32)6-5-20(30)31/h9,15-17,19,22,26,28,33H,3-8,10-12H2,1-2H3,(H,30,31)/t15-,16-,17-,19?,22+,23-,24+,25-/m0/s1. The van der Waals surface area contributed by atoms with Gasteiger partial charge in [-0.25, -0.2) is 0 Å². The van der Waals surface area contributed by atoms with Crippen LogP contribution in [0.4, 0.5) is 0 Å². The Balaban J connectivity index is 1.68. The van der Waals surface area contributed by atoms with E-state index in [1.165, 1.54) is 0 Å². The van der Waals surface area contributed by atoms with Crippen LogP contribution in [-0.4, -0.2) is 68.3 Å².